The number of thioether (sulfide) groups is 1. The molecular formula is C21H22ClF3N4O3S. The smallest absolute Gasteiger partial charge is 0.401 e. The lowest BCUT2D eigenvalue weighted by Gasteiger charge is -2.34. The summed E-state index contributed by atoms with van der Waals surface area (Å²) in [6, 6.07) is 6.72. The van der Waals surface area contributed by atoms with Crippen molar-refractivity contribution >= 4 is 29.3 Å². The quantitative estimate of drug-likeness (QED) is 0.631. The van der Waals surface area contributed by atoms with Crippen LogP contribution in [0.2, 0.25) is 5.02 Å². The van der Waals surface area contributed by atoms with Gasteiger partial charge in [-0.2, -0.15) is 18.2 Å². The molecule has 178 valence electrons. The van der Waals surface area contributed by atoms with Crippen LogP contribution in [-0.4, -0.2) is 61.9 Å². The van der Waals surface area contributed by atoms with Crippen molar-refractivity contribution in [3.8, 4) is 5.75 Å². The summed E-state index contributed by atoms with van der Waals surface area (Å²) in [6.45, 7) is -0.648. The first-order valence-corrected chi connectivity index (χ1v) is 11.8. The third kappa shape index (κ3) is 5.30. The Kier molecular flexibility index (Phi) is 6.92. The molecule has 1 N–H and O–H groups in total. The summed E-state index contributed by atoms with van der Waals surface area (Å²) in [7, 11) is 0. The van der Waals surface area contributed by atoms with E-state index in [2.05, 4.69) is 4.98 Å². The summed E-state index contributed by atoms with van der Waals surface area (Å²) in [5.41, 5.74) is -0.792. The van der Waals surface area contributed by atoms with E-state index in [0.29, 0.717) is 30.2 Å². The molecule has 33 heavy (non-hydrogen) atoms. The fourth-order valence-corrected chi connectivity index (χ4v) is 5.43. The Balaban J connectivity index is 1.56. The van der Waals surface area contributed by atoms with E-state index in [4.69, 9.17) is 11.6 Å². The monoisotopic (exact) mass is 502 g/mol. The van der Waals surface area contributed by atoms with Crippen LogP contribution in [-0.2, 0) is 17.9 Å². The summed E-state index contributed by atoms with van der Waals surface area (Å²) in [5.74, 6) is -0.327. The Morgan fingerprint density at radius 1 is 1.24 bits per heavy atom. The Morgan fingerprint density at radius 3 is 2.73 bits per heavy atom. The van der Waals surface area contributed by atoms with E-state index in [-0.39, 0.29) is 37.0 Å². The second-order valence-electron chi connectivity index (χ2n) is 8.01. The summed E-state index contributed by atoms with van der Waals surface area (Å²) >= 11 is 7.48. The number of halogens is 4. The van der Waals surface area contributed by atoms with Gasteiger partial charge in [-0.1, -0.05) is 23.7 Å². The summed E-state index contributed by atoms with van der Waals surface area (Å²) in [5, 5.41) is 10.8. The Bertz CT molecular complexity index is 1110. The number of benzene rings is 1. The average Bonchev–Trinajstić information content (AvgIpc) is 3.24. The van der Waals surface area contributed by atoms with Crippen LogP contribution in [0.1, 0.15) is 30.4 Å². The van der Waals surface area contributed by atoms with Crippen LogP contribution in [0.3, 0.4) is 0 Å². The standard InChI is InChI=1S/C21H22ClF3N4O3S/c22-13-4-1-2-6-16(13)33-11-17(30)28-7-3-5-14(28)19-26-20(32)18(31)15-10-27(8-9-29(15)19)12-21(23,24)25/h1-2,4,6,14,31H,3,5,7-12H2. The first kappa shape index (κ1) is 23.9. The van der Waals surface area contributed by atoms with Crippen molar-refractivity contribution in [2.45, 2.75) is 43.0 Å². The number of nitrogens with zero attached hydrogens (tertiary/aromatic N) is 4. The predicted octanol–water partition coefficient (Wildman–Crippen LogP) is 3.44. The maximum absolute atomic E-state index is 13.0. The SMILES string of the molecule is O=C(CSc1ccccc1Cl)N1CCCC1c1nc(=O)c(O)c2n1CCN(CC(F)(F)F)C2. The molecule has 2 aromatic rings. The minimum absolute atomic E-state index is 0.0898. The molecule has 12 heteroatoms. The molecule has 7 nitrogen and oxygen atoms in total. The van der Waals surface area contributed by atoms with Gasteiger partial charge in [0.2, 0.25) is 11.7 Å². The second kappa shape index (κ2) is 9.55. The largest absolute Gasteiger partial charge is 0.502 e. The molecular weight excluding hydrogens is 481 g/mol. The number of rotatable bonds is 5. The number of likely N-dealkylation sites (tertiary alicyclic amines) is 1. The molecule has 2 aliphatic rings. The van der Waals surface area contributed by atoms with Gasteiger partial charge >= 0.3 is 11.7 Å². The molecule has 2 aliphatic heterocycles. The first-order chi connectivity index (χ1) is 15.6. The van der Waals surface area contributed by atoms with E-state index in [1.54, 1.807) is 21.6 Å². The van der Waals surface area contributed by atoms with Crippen LogP contribution in [0.5, 0.6) is 5.75 Å². The van der Waals surface area contributed by atoms with Crippen LogP contribution in [0.15, 0.2) is 34.0 Å². The summed E-state index contributed by atoms with van der Waals surface area (Å²) in [4.78, 5) is 32.9. The lowest BCUT2D eigenvalue weighted by molar-refractivity contribution is -0.149. The van der Waals surface area contributed by atoms with Crippen molar-refractivity contribution in [3.05, 3.63) is 51.2 Å². The van der Waals surface area contributed by atoms with Gasteiger partial charge in [0.1, 0.15) is 5.82 Å². The lowest BCUT2D eigenvalue weighted by atomic mass is 10.1. The fraction of sp³-hybridized carbons (Fsp3) is 0.476. The fourth-order valence-electron chi connectivity index (χ4n) is 4.31. The zero-order valence-electron chi connectivity index (χ0n) is 17.5. The highest BCUT2D eigenvalue weighted by Crippen LogP contribution is 2.35. The molecule has 1 amide bonds. The van der Waals surface area contributed by atoms with Gasteiger partial charge in [0.05, 0.1) is 29.1 Å². The number of aromatic hydroxyl groups is 1. The molecule has 0 bridgehead atoms. The maximum Gasteiger partial charge on any atom is 0.401 e. The number of aromatic nitrogens is 2. The molecule has 1 aromatic carbocycles. The molecule has 1 atom stereocenters. The van der Waals surface area contributed by atoms with Gasteiger partial charge in [0, 0.05) is 31.1 Å². The highest BCUT2D eigenvalue weighted by molar-refractivity contribution is 8.00. The van der Waals surface area contributed by atoms with Crippen LogP contribution < -0.4 is 5.56 Å². The number of carbonyl (C=O) groups is 1. The summed E-state index contributed by atoms with van der Waals surface area (Å²) < 4.78 is 40.1. The van der Waals surface area contributed by atoms with Gasteiger partial charge in [-0.15, -0.1) is 11.8 Å². The van der Waals surface area contributed by atoms with Gasteiger partial charge in [-0.3, -0.25) is 14.5 Å². The normalized spacial score (nSPS) is 19.0. The molecule has 0 saturated carbocycles. The second-order valence-corrected chi connectivity index (χ2v) is 9.44. The van der Waals surface area contributed by atoms with Crippen molar-refractivity contribution in [3.63, 3.8) is 0 Å². The van der Waals surface area contributed by atoms with E-state index in [9.17, 15) is 27.9 Å². The maximum atomic E-state index is 13.0. The van der Waals surface area contributed by atoms with Gasteiger partial charge < -0.3 is 14.6 Å². The van der Waals surface area contributed by atoms with Gasteiger partial charge in [0.25, 0.3) is 0 Å². The van der Waals surface area contributed by atoms with Crippen molar-refractivity contribution in [1.82, 2.24) is 19.4 Å². The molecule has 0 radical (unpaired) electrons. The molecule has 4 rings (SSSR count). The Morgan fingerprint density at radius 2 is 2.00 bits per heavy atom. The minimum atomic E-state index is -4.39. The predicted molar refractivity (Wildman–Crippen MR) is 117 cm³/mol. The van der Waals surface area contributed by atoms with Crippen molar-refractivity contribution in [2.75, 3.05) is 25.4 Å². The third-order valence-corrected chi connectivity index (χ3v) is 7.27. The van der Waals surface area contributed by atoms with Crippen LogP contribution in [0.4, 0.5) is 13.2 Å². The highest BCUT2D eigenvalue weighted by Gasteiger charge is 2.37. The van der Waals surface area contributed by atoms with Crippen LogP contribution in [0.25, 0.3) is 0 Å². The molecule has 1 aromatic heterocycles. The van der Waals surface area contributed by atoms with Crippen LogP contribution >= 0.6 is 23.4 Å². The number of fused-ring (bicyclic) bond motifs is 1. The highest BCUT2D eigenvalue weighted by atomic mass is 35.5. The Hall–Kier alpha value is -2.24. The molecule has 0 spiro atoms. The number of carbonyl (C=O) groups excluding carboxylic acids is 1. The number of alkyl halides is 3. The van der Waals surface area contributed by atoms with Crippen molar-refractivity contribution < 1.29 is 23.1 Å². The molecule has 0 aliphatic carbocycles. The molecule has 1 fully saturated rings. The van der Waals surface area contributed by atoms with Crippen LogP contribution in [0, 0.1) is 0 Å². The van der Waals surface area contributed by atoms with Gasteiger partial charge in [-0.05, 0) is 25.0 Å². The summed E-state index contributed by atoms with van der Waals surface area (Å²) in [6.07, 6.45) is -3.10. The third-order valence-electron chi connectivity index (χ3n) is 5.77. The van der Waals surface area contributed by atoms with E-state index in [1.165, 1.54) is 11.8 Å². The zero-order chi connectivity index (χ0) is 23.8. The molecule has 1 saturated heterocycles. The first-order valence-electron chi connectivity index (χ1n) is 10.4. The van der Waals surface area contributed by atoms with Gasteiger partial charge in [-0.25, -0.2) is 0 Å². The van der Waals surface area contributed by atoms with Crippen molar-refractivity contribution in [1.29, 1.82) is 0 Å². The zero-order valence-corrected chi connectivity index (χ0v) is 19.1. The Labute approximate surface area is 197 Å². The minimum Gasteiger partial charge on any atom is -0.502 e. The van der Waals surface area contributed by atoms with E-state index in [0.717, 1.165) is 9.80 Å². The molecule has 1 unspecified atom stereocenters. The van der Waals surface area contributed by atoms with E-state index < -0.39 is 30.1 Å². The van der Waals surface area contributed by atoms with E-state index >= 15 is 0 Å². The molecule has 3 heterocycles. The number of hydrogen-bond acceptors (Lipinski definition) is 6. The van der Waals surface area contributed by atoms with Crippen molar-refractivity contribution in [2.24, 2.45) is 0 Å². The number of hydrogen-bond donors (Lipinski definition) is 1. The van der Waals surface area contributed by atoms with Gasteiger partial charge in [0.15, 0.2) is 0 Å². The number of amides is 1. The lowest BCUT2D eigenvalue weighted by Crippen LogP contribution is -2.43. The average molecular weight is 503 g/mol. The van der Waals surface area contributed by atoms with E-state index in [1.807, 2.05) is 12.1 Å². The topological polar surface area (TPSA) is 78.7 Å².